The molecule has 5 N–H and O–H groups in total. The summed E-state index contributed by atoms with van der Waals surface area (Å²) >= 11 is 0. The number of phenolic OH excluding ortho intramolecular Hbond substituents is 2. The summed E-state index contributed by atoms with van der Waals surface area (Å²) in [7, 11) is 1.15. The smallest absolute Gasteiger partial charge is 0.330 e. The van der Waals surface area contributed by atoms with Crippen LogP contribution in [0.4, 0.5) is 0 Å². The Labute approximate surface area is 143 Å². The topological polar surface area (TPSA) is 154 Å². The van der Waals surface area contributed by atoms with E-state index < -0.39 is 37.0 Å². The first-order valence-corrected chi connectivity index (χ1v) is 7.19. The number of benzene rings is 1. The van der Waals surface area contributed by atoms with Gasteiger partial charge in [-0.1, -0.05) is 6.07 Å². The zero-order valence-corrected chi connectivity index (χ0v) is 13.3. The van der Waals surface area contributed by atoms with Gasteiger partial charge >= 0.3 is 5.97 Å². The molecule has 9 heteroatoms. The average molecular weight is 356 g/mol. The first kappa shape index (κ1) is 20.6. The second-order valence-electron chi connectivity index (χ2n) is 5.10. The lowest BCUT2D eigenvalue weighted by atomic mass is 10.0. The summed E-state index contributed by atoms with van der Waals surface area (Å²) in [5.41, 5.74) is 0.414. The van der Waals surface area contributed by atoms with Crippen LogP contribution in [-0.2, 0) is 19.1 Å². The van der Waals surface area contributed by atoms with Crippen LogP contribution >= 0.6 is 0 Å². The molecule has 0 bridgehead atoms. The van der Waals surface area contributed by atoms with Crippen molar-refractivity contribution in [1.82, 2.24) is 0 Å². The Morgan fingerprint density at radius 1 is 1.16 bits per heavy atom. The van der Waals surface area contributed by atoms with E-state index in [0.717, 1.165) is 13.2 Å². The number of hydrogen-bond acceptors (Lipinski definition) is 9. The van der Waals surface area contributed by atoms with Gasteiger partial charge in [-0.15, -0.1) is 0 Å². The van der Waals surface area contributed by atoms with Gasteiger partial charge in [0.2, 0.25) is 0 Å². The minimum atomic E-state index is -1.76. The quantitative estimate of drug-likeness (QED) is 0.161. The van der Waals surface area contributed by atoms with Crippen LogP contribution in [0, 0.1) is 0 Å². The van der Waals surface area contributed by atoms with Crippen LogP contribution in [0.5, 0.6) is 11.5 Å². The number of hydrogen-bond donors (Lipinski definition) is 5. The van der Waals surface area contributed by atoms with E-state index in [1.54, 1.807) is 0 Å². The Balaban J connectivity index is 2.53. The molecule has 0 aliphatic rings. The van der Waals surface area contributed by atoms with Gasteiger partial charge in [0.15, 0.2) is 17.8 Å². The molecular formula is C16H20O9. The standard InChI is InChI=1S/C16H20O9/c1-24-13(7-17)16(23)15(22)12(20)8-25-14(21)5-3-9-2-4-10(18)11(19)6-9/h2-7,12-13,15-16,18-20,22-23H,8H2,1H3/t12-,13+,15-,16-/m1/s1. The van der Waals surface area contributed by atoms with Crippen molar-refractivity contribution in [3.05, 3.63) is 29.8 Å². The van der Waals surface area contributed by atoms with Crippen LogP contribution < -0.4 is 0 Å². The number of ether oxygens (including phenoxy) is 2. The maximum atomic E-state index is 11.6. The zero-order chi connectivity index (χ0) is 19.0. The maximum Gasteiger partial charge on any atom is 0.330 e. The van der Waals surface area contributed by atoms with Gasteiger partial charge in [-0.2, -0.15) is 0 Å². The molecule has 1 aromatic rings. The fraction of sp³-hybridized carbons (Fsp3) is 0.375. The molecule has 1 rings (SSSR count). The Morgan fingerprint density at radius 3 is 2.40 bits per heavy atom. The van der Waals surface area contributed by atoms with Gasteiger partial charge in [-0.05, 0) is 23.8 Å². The molecule has 25 heavy (non-hydrogen) atoms. The summed E-state index contributed by atoms with van der Waals surface area (Å²) in [6.07, 6.45) is -3.85. The van der Waals surface area contributed by atoms with E-state index in [1.807, 2.05) is 0 Å². The number of esters is 1. The highest BCUT2D eigenvalue weighted by Crippen LogP contribution is 2.25. The summed E-state index contributed by atoms with van der Waals surface area (Å²) in [6.45, 7) is -0.627. The largest absolute Gasteiger partial charge is 0.504 e. The van der Waals surface area contributed by atoms with Crippen molar-refractivity contribution in [2.75, 3.05) is 13.7 Å². The van der Waals surface area contributed by atoms with Crippen LogP contribution in [0.3, 0.4) is 0 Å². The van der Waals surface area contributed by atoms with E-state index in [4.69, 9.17) is 9.84 Å². The molecule has 0 aliphatic heterocycles. The highest BCUT2D eigenvalue weighted by molar-refractivity contribution is 5.87. The number of carbonyl (C=O) groups excluding carboxylic acids is 2. The van der Waals surface area contributed by atoms with Crippen molar-refractivity contribution < 1.29 is 44.6 Å². The highest BCUT2D eigenvalue weighted by atomic mass is 16.5. The van der Waals surface area contributed by atoms with Crippen LogP contribution in [0.25, 0.3) is 6.08 Å². The fourth-order valence-corrected chi connectivity index (χ4v) is 1.82. The van der Waals surface area contributed by atoms with Gasteiger partial charge in [0, 0.05) is 13.2 Å². The Morgan fingerprint density at radius 2 is 1.84 bits per heavy atom. The number of aliphatic hydroxyl groups excluding tert-OH is 3. The van der Waals surface area contributed by atoms with Crippen LogP contribution in [-0.4, -0.2) is 75.9 Å². The molecule has 1 aromatic carbocycles. The molecule has 0 aromatic heterocycles. The van der Waals surface area contributed by atoms with Crippen molar-refractivity contribution >= 4 is 18.3 Å². The molecule has 0 saturated carbocycles. The summed E-state index contributed by atoms with van der Waals surface area (Å²) < 4.78 is 9.33. The molecule has 0 fully saturated rings. The normalized spacial score (nSPS) is 16.2. The van der Waals surface area contributed by atoms with Gasteiger partial charge in [-0.25, -0.2) is 4.79 Å². The Hall–Kier alpha value is -2.46. The lowest BCUT2D eigenvalue weighted by molar-refractivity contribution is -0.154. The molecule has 9 nitrogen and oxygen atoms in total. The van der Waals surface area contributed by atoms with Crippen molar-refractivity contribution in [3.63, 3.8) is 0 Å². The number of methoxy groups -OCH3 is 1. The average Bonchev–Trinajstić information content (AvgIpc) is 2.60. The first-order valence-electron chi connectivity index (χ1n) is 7.19. The Kier molecular flexibility index (Phi) is 8.02. The fourth-order valence-electron chi connectivity index (χ4n) is 1.82. The molecule has 0 unspecified atom stereocenters. The number of aldehydes is 1. The summed E-state index contributed by atoms with van der Waals surface area (Å²) in [5.74, 6) is -1.52. The van der Waals surface area contributed by atoms with E-state index in [-0.39, 0.29) is 17.8 Å². The minimum Gasteiger partial charge on any atom is -0.504 e. The van der Waals surface area contributed by atoms with Crippen LogP contribution in [0.1, 0.15) is 5.56 Å². The molecule has 0 saturated heterocycles. The first-order chi connectivity index (χ1) is 11.8. The molecule has 0 heterocycles. The minimum absolute atomic E-state index is 0.266. The third kappa shape index (κ3) is 6.16. The summed E-state index contributed by atoms with van der Waals surface area (Å²) in [5, 5.41) is 47.5. The second kappa shape index (κ2) is 9.74. The molecule has 0 amide bonds. The predicted molar refractivity (Wildman–Crippen MR) is 84.6 cm³/mol. The second-order valence-corrected chi connectivity index (χ2v) is 5.10. The van der Waals surface area contributed by atoms with Gasteiger partial charge in [0.25, 0.3) is 0 Å². The number of aromatic hydroxyl groups is 2. The van der Waals surface area contributed by atoms with Gasteiger partial charge in [0.1, 0.15) is 31.0 Å². The molecule has 4 atom stereocenters. The molecule has 0 spiro atoms. The third-order valence-corrected chi connectivity index (χ3v) is 3.29. The molecule has 138 valence electrons. The van der Waals surface area contributed by atoms with E-state index in [9.17, 15) is 30.0 Å². The Bertz CT molecular complexity index is 614. The predicted octanol–water partition coefficient (Wildman–Crippen LogP) is -1.05. The summed E-state index contributed by atoms with van der Waals surface area (Å²) in [4.78, 5) is 22.2. The molecule has 0 radical (unpaired) electrons. The van der Waals surface area contributed by atoms with Crippen LogP contribution in [0.15, 0.2) is 24.3 Å². The number of rotatable bonds is 9. The molecule has 0 aliphatic carbocycles. The third-order valence-electron chi connectivity index (χ3n) is 3.29. The van der Waals surface area contributed by atoms with Crippen molar-refractivity contribution in [2.45, 2.75) is 24.4 Å². The van der Waals surface area contributed by atoms with E-state index in [1.165, 1.54) is 24.3 Å². The molecular weight excluding hydrogens is 336 g/mol. The van der Waals surface area contributed by atoms with E-state index in [0.29, 0.717) is 5.56 Å². The van der Waals surface area contributed by atoms with Gasteiger partial charge in [-0.3, -0.25) is 0 Å². The maximum absolute atomic E-state index is 11.6. The lowest BCUT2D eigenvalue weighted by Gasteiger charge is -2.25. The number of carbonyl (C=O) groups is 2. The van der Waals surface area contributed by atoms with Crippen molar-refractivity contribution in [1.29, 1.82) is 0 Å². The number of phenols is 2. The lowest BCUT2D eigenvalue weighted by Crippen LogP contribution is -2.47. The highest BCUT2D eigenvalue weighted by Gasteiger charge is 2.31. The summed E-state index contributed by atoms with van der Waals surface area (Å²) in [6, 6.07) is 3.90. The number of aliphatic hydroxyl groups is 3. The van der Waals surface area contributed by atoms with Crippen molar-refractivity contribution in [2.24, 2.45) is 0 Å². The monoisotopic (exact) mass is 356 g/mol. The van der Waals surface area contributed by atoms with Gasteiger partial charge < -0.3 is 39.8 Å². The zero-order valence-electron chi connectivity index (χ0n) is 13.3. The van der Waals surface area contributed by atoms with Crippen LogP contribution in [0.2, 0.25) is 0 Å². The van der Waals surface area contributed by atoms with Crippen molar-refractivity contribution in [3.8, 4) is 11.5 Å². The van der Waals surface area contributed by atoms with E-state index in [2.05, 4.69) is 4.74 Å². The van der Waals surface area contributed by atoms with E-state index >= 15 is 0 Å². The SMILES string of the molecule is CO[C@@H](C=O)[C@@H](O)[C@H](O)[C@H](O)COC(=O)C=Cc1ccc(O)c(O)c1. The van der Waals surface area contributed by atoms with Gasteiger partial charge in [0.05, 0.1) is 0 Å².